The molecule has 1 aromatic rings. The van der Waals surface area contributed by atoms with Crippen molar-refractivity contribution in [1.82, 2.24) is 5.32 Å². The van der Waals surface area contributed by atoms with Gasteiger partial charge < -0.3 is 19.7 Å². The Morgan fingerprint density at radius 2 is 1.95 bits per heavy atom. The monoisotopic (exact) mass is 276 g/mol. The predicted molar refractivity (Wildman–Crippen MR) is 80.7 cm³/mol. The van der Waals surface area contributed by atoms with Gasteiger partial charge in [-0.15, -0.1) is 0 Å². The third-order valence-corrected chi connectivity index (χ3v) is 4.03. The van der Waals surface area contributed by atoms with Crippen LogP contribution in [0.3, 0.4) is 0 Å². The van der Waals surface area contributed by atoms with Crippen LogP contribution < -0.4 is 15.0 Å². The Morgan fingerprint density at radius 3 is 2.70 bits per heavy atom. The summed E-state index contributed by atoms with van der Waals surface area (Å²) in [6.07, 6.45) is 2.29. The van der Waals surface area contributed by atoms with Crippen molar-refractivity contribution < 1.29 is 9.47 Å². The van der Waals surface area contributed by atoms with Crippen LogP contribution in [0.25, 0.3) is 0 Å². The molecule has 110 valence electrons. The Morgan fingerprint density at radius 1 is 1.20 bits per heavy atom. The van der Waals surface area contributed by atoms with E-state index in [2.05, 4.69) is 35.3 Å². The predicted octanol–water partition coefficient (Wildman–Crippen LogP) is 1.96. The maximum atomic E-state index is 6.25. The van der Waals surface area contributed by atoms with Gasteiger partial charge in [0.15, 0.2) is 0 Å². The van der Waals surface area contributed by atoms with Gasteiger partial charge in [0.25, 0.3) is 0 Å². The molecule has 0 amide bonds. The van der Waals surface area contributed by atoms with Crippen molar-refractivity contribution in [3.63, 3.8) is 0 Å². The third-order valence-electron chi connectivity index (χ3n) is 4.03. The summed E-state index contributed by atoms with van der Waals surface area (Å²) >= 11 is 0. The first-order valence-electron chi connectivity index (χ1n) is 7.63. The molecule has 3 rings (SSSR count). The molecule has 2 aliphatic heterocycles. The van der Waals surface area contributed by atoms with Crippen LogP contribution in [0.4, 0.5) is 5.69 Å². The number of benzene rings is 1. The minimum Gasteiger partial charge on any atom is -0.488 e. The first-order chi connectivity index (χ1) is 9.83. The summed E-state index contributed by atoms with van der Waals surface area (Å²) in [7, 11) is 0. The number of nitrogens with zero attached hydrogens (tertiary/aromatic N) is 1. The Kier molecular flexibility index (Phi) is 4.43. The van der Waals surface area contributed by atoms with Crippen LogP contribution in [-0.4, -0.2) is 45.5 Å². The molecule has 20 heavy (non-hydrogen) atoms. The van der Waals surface area contributed by atoms with Crippen LogP contribution in [0.15, 0.2) is 18.2 Å². The Labute approximate surface area is 121 Å². The quantitative estimate of drug-likeness (QED) is 0.915. The molecule has 0 aromatic heterocycles. The summed E-state index contributed by atoms with van der Waals surface area (Å²) in [5.41, 5.74) is 2.54. The van der Waals surface area contributed by atoms with Gasteiger partial charge in [-0.25, -0.2) is 0 Å². The molecule has 2 fully saturated rings. The number of hydrogen-bond donors (Lipinski definition) is 1. The zero-order valence-electron chi connectivity index (χ0n) is 12.2. The fraction of sp³-hybridized carbons (Fsp3) is 0.625. The van der Waals surface area contributed by atoms with E-state index in [0.717, 1.165) is 58.0 Å². The van der Waals surface area contributed by atoms with Crippen LogP contribution in [0.5, 0.6) is 5.75 Å². The lowest BCUT2D eigenvalue weighted by atomic mass is 10.1. The van der Waals surface area contributed by atoms with Gasteiger partial charge in [-0.2, -0.15) is 0 Å². The largest absolute Gasteiger partial charge is 0.488 e. The lowest BCUT2D eigenvalue weighted by molar-refractivity contribution is 0.0257. The van der Waals surface area contributed by atoms with Crippen molar-refractivity contribution >= 4 is 5.69 Å². The molecule has 1 N–H and O–H groups in total. The van der Waals surface area contributed by atoms with Gasteiger partial charge in [0.2, 0.25) is 0 Å². The lowest BCUT2D eigenvalue weighted by Crippen LogP contribution is -2.43. The van der Waals surface area contributed by atoms with Crippen molar-refractivity contribution in [1.29, 1.82) is 0 Å². The van der Waals surface area contributed by atoms with E-state index in [1.165, 1.54) is 11.3 Å². The average molecular weight is 276 g/mol. The molecule has 0 radical (unpaired) electrons. The van der Waals surface area contributed by atoms with E-state index >= 15 is 0 Å². The molecule has 1 aromatic carbocycles. The summed E-state index contributed by atoms with van der Waals surface area (Å²) in [5.74, 6) is 1.03. The number of hydrogen-bond acceptors (Lipinski definition) is 4. The van der Waals surface area contributed by atoms with Crippen molar-refractivity contribution in [3.8, 4) is 5.75 Å². The Balaban J connectivity index is 1.77. The Bertz CT molecular complexity index is 438. The fourth-order valence-corrected chi connectivity index (χ4v) is 2.85. The molecule has 0 spiro atoms. The molecule has 2 aliphatic rings. The van der Waals surface area contributed by atoms with E-state index < -0.39 is 0 Å². The highest BCUT2D eigenvalue weighted by molar-refractivity contribution is 5.60. The molecule has 0 aliphatic carbocycles. The van der Waals surface area contributed by atoms with Gasteiger partial charge in [-0.05, 0) is 24.6 Å². The van der Waals surface area contributed by atoms with Gasteiger partial charge in [-0.3, -0.25) is 0 Å². The number of aryl methyl sites for hydroxylation is 1. The molecule has 0 saturated carbocycles. The van der Waals surface area contributed by atoms with E-state index in [1.807, 2.05) is 0 Å². The maximum Gasteiger partial charge on any atom is 0.143 e. The number of anilines is 1. The van der Waals surface area contributed by atoms with E-state index in [1.54, 1.807) is 0 Å². The minimum absolute atomic E-state index is 0.299. The molecule has 4 heteroatoms. The van der Waals surface area contributed by atoms with E-state index in [0.29, 0.717) is 6.10 Å². The summed E-state index contributed by atoms with van der Waals surface area (Å²) in [5, 5.41) is 3.40. The van der Waals surface area contributed by atoms with Crippen LogP contribution in [0, 0.1) is 6.92 Å². The molecule has 4 nitrogen and oxygen atoms in total. The molecular formula is C16H24N2O2. The number of ether oxygens (including phenoxy) is 2. The van der Waals surface area contributed by atoms with Crippen molar-refractivity contribution in [2.45, 2.75) is 25.9 Å². The number of nitrogens with one attached hydrogen (secondary N) is 1. The molecule has 0 bridgehead atoms. The molecular weight excluding hydrogens is 252 g/mol. The SMILES string of the molecule is Cc1ccc(OC2CCOCC2)c(N2CCNCC2)c1. The number of rotatable bonds is 3. The van der Waals surface area contributed by atoms with Crippen LogP contribution in [0.2, 0.25) is 0 Å². The molecule has 2 heterocycles. The number of piperazine rings is 1. The van der Waals surface area contributed by atoms with Gasteiger partial charge in [0.1, 0.15) is 11.9 Å². The van der Waals surface area contributed by atoms with Crippen LogP contribution >= 0.6 is 0 Å². The average Bonchev–Trinajstić information content (AvgIpc) is 2.51. The zero-order chi connectivity index (χ0) is 13.8. The lowest BCUT2D eigenvalue weighted by Gasteiger charge is -2.32. The highest BCUT2D eigenvalue weighted by atomic mass is 16.5. The third kappa shape index (κ3) is 3.25. The summed E-state index contributed by atoms with van der Waals surface area (Å²) in [4.78, 5) is 2.43. The standard InChI is InChI=1S/C16H24N2O2/c1-13-2-3-16(20-14-4-10-19-11-5-14)15(12-13)18-8-6-17-7-9-18/h2-3,12,14,17H,4-11H2,1H3. The smallest absolute Gasteiger partial charge is 0.143 e. The van der Waals surface area contributed by atoms with E-state index in [-0.39, 0.29) is 0 Å². The second-order valence-corrected chi connectivity index (χ2v) is 5.64. The van der Waals surface area contributed by atoms with E-state index in [4.69, 9.17) is 9.47 Å². The van der Waals surface area contributed by atoms with Gasteiger partial charge in [0.05, 0.1) is 18.9 Å². The van der Waals surface area contributed by atoms with Crippen molar-refractivity contribution in [2.24, 2.45) is 0 Å². The van der Waals surface area contributed by atoms with Gasteiger partial charge >= 0.3 is 0 Å². The second kappa shape index (κ2) is 6.46. The highest BCUT2D eigenvalue weighted by Gasteiger charge is 2.20. The topological polar surface area (TPSA) is 33.7 Å². The molecule has 0 unspecified atom stereocenters. The first-order valence-corrected chi connectivity index (χ1v) is 7.63. The van der Waals surface area contributed by atoms with Gasteiger partial charge in [0, 0.05) is 39.0 Å². The summed E-state index contributed by atoms with van der Waals surface area (Å²) in [6, 6.07) is 6.52. The maximum absolute atomic E-state index is 6.25. The molecule has 0 atom stereocenters. The summed E-state index contributed by atoms with van der Waals surface area (Å²) in [6.45, 7) is 7.97. The van der Waals surface area contributed by atoms with Crippen molar-refractivity contribution in [2.75, 3.05) is 44.3 Å². The Hall–Kier alpha value is -1.26. The first kappa shape index (κ1) is 13.7. The highest BCUT2D eigenvalue weighted by Crippen LogP contribution is 2.31. The zero-order valence-corrected chi connectivity index (χ0v) is 12.2. The van der Waals surface area contributed by atoms with Gasteiger partial charge in [-0.1, -0.05) is 6.07 Å². The van der Waals surface area contributed by atoms with Crippen LogP contribution in [-0.2, 0) is 4.74 Å². The van der Waals surface area contributed by atoms with E-state index in [9.17, 15) is 0 Å². The molecule has 2 saturated heterocycles. The fourth-order valence-electron chi connectivity index (χ4n) is 2.85. The second-order valence-electron chi connectivity index (χ2n) is 5.64. The van der Waals surface area contributed by atoms with Crippen LogP contribution in [0.1, 0.15) is 18.4 Å². The minimum atomic E-state index is 0.299. The summed E-state index contributed by atoms with van der Waals surface area (Å²) < 4.78 is 11.7. The van der Waals surface area contributed by atoms with Crippen molar-refractivity contribution in [3.05, 3.63) is 23.8 Å². The normalized spacial score (nSPS) is 20.9.